The molecule has 0 radical (unpaired) electrons. The first-order valence-electron chi connectivity index (χ1n) is 7.91. The maximum atomic E-state index is 11.9. The fourth-order valence-electron chi connectivity index (χ4n) is 2.92. The van der Waals surface area contributed by atoms with E-state index in [4.69, 9.17) is 0 Å². The van der Waals surface area contributed by atoms with Crippen LogP contribution in [0, 0.1) is 0 Å². The third-order valence-corrected chi connectivity index (χ3v) is 5.09. The number of amides is 2. The summed E-state index contributed by atoms with van der Waals surface area (Å²) in [7, 11) is 3.58. The summed E-state index contributed by atoms with van der Waals surface area (Å²) in [5.41, 5.74) is 0. The van der Waals surface area contributed by atoms with E-state index in [-0.39, 0.29) is 12.1 Å². The normalized spacial score (nSPS) is 19.0. The minimum Gasteiger partial charge on any atom is -0.388 e. The van der Waals surface area contributed by atoms with Crippen molar-refractivity contribution in [2.75, 3.05) is 27.2 Å². The summed E-state index contributed by atoms with van der Waals surface area (Å²) in [6.07, 6.45) is 2.27. The fourth-order valence-corrected chi connectivity index (χ4v) is 3.65. The Hall–Kier alpha value is -1.11. The van der Waals surface area contributed by atoms with Crippen LogP contribution in [0.25, 0.3) is 0 Å². The van der Waals surface area contributed by atoms with Crippen molar-refractivity contribution < 1.29 is 9.90 Å². The molecule has 0 bridgehead atoms. The molecule has 1 aliphatic heterocycles. The monoisotopic (exact) mass is 325 g/mol. The van der Waals surface area contributed by atoms with E-state index in [2.05, 4.69) is 12.2 Å². The van der Waals surface area contributed by atoms with Crippen LogP contribution in [0.15, 0.2) is 17.5 Å². The number of urea groups is 1. The van der Waals surface area contributed by atoms with Crippen molar-refractivity contribution in [3.63, 3.8) is 0 Å². The van der Waals surface area contributed by atoms with Gasteiger partial charge in [-0.1, -0.05) is 6.07 Å². The molecule has 2 unspecified atom stereocenters. The highest BCUT2D eigenvalue weighted by atomic mass is 32.1. The molecule has 22 heavy (non-hydrogen) atoms. The van der Waals surface area contributed by atoms with Crippen LogP contribution in [-0.2, 0) is 0 Å². The Bertz CT molecular complexity index is 456. The van der Waals surface area contributed by atoms with Crippen LogP contribution in [0.1, 0.15) is 37.2 Å². The van der Waals surface area contributed by atoms with Gasteiger partial charge >= 0.3 is 6.03 Å². The van der Waals surface area contributed by atoms with Gasteiger partial charge in [-0.25, -0.2) is 4.79 Å². The van der Waals surface area contributed by atoms with Crippen LogP contribution in [0.3, 0.4) is 0 Å². The number of aliphatic hydroxyl groups is 1. The number of thiophene rings is 1. The lowest BCUT2D eigenvalue weighted by atomic mass is 10.0. The van der Waals surface area contributed by atoms with E-state index in [0.717, 1.165) is 37.2 Å². The van der Waals surface area contributed by atoms with E-state index in [1.54, 1.807) is 30.3 Å². The highest BCUT2D eigenvalue weighted by molar-refractivity contribution is 7.10. The second kappa shape index (κ2) is 7.94. The molecule has 0 saturated carbocycles. The van der Waals surface area contributed by atoms with Gasteiger partial charge < -0.3 is 20.2 Å². The Balaban J connectivity index is 1.72. The van der Waals surface area contributed by atoms with E-state index < -0.39 is 6.10 Å². The Labute approximate surface area is 136 Å². The smallest absolute Gasteiger partial charge is 0.319 e. The molecular weight excluding hydrogens is 298 g/mol. The summed E-state index contributed by atoms with van der Waals surface area (Å²) in [5, 5.41) is 15.8. The minimum atomic E-state index is -0.391. The molecule has 1 aliphatic rings. The van der Waals surface area contributed by atoms with Gasteiger partial charge in [-0.3, -0.25) is 0 Å². The van der Waals surface area contributed by atoms with Gasteiger partial charge in [0.05, 0.1) is 6.10 Å². The molecule has 1 fully saturated rings. The van der Waals surface area contributed by atoms with Crippen molar-refractivity contribution in [2.45, 2.75) is 44.4 Å². The zero-order valence-electron chi connectivity index (χ0n) is 13.7. The fraction of sp³-hybridized carbons (Fsp3) is 0.688. The Morgan fingerprint density at radius 3 is 2.73 bits per heavy atom. The first-order chi connectivity index (χ1) is 10.5. The average molecular weight is 325 g/mol. The summed E-state index contributed by atoms with van der Waals surface area (Å²) < 4.78 is 0. The van der Waals surface area contributed by atoms with E-state index in [0.29, 0.717) is 6.04 Å². The Morgan fingerprint density at radius 1 is 1.50 bits per heavy atom. The van der Waals surface area contributed by atoms with E-state index in [1.165, 1.54) is 0 Å². The molecule has 5 nitrogen and oxygen atoms in total. The summed E-state index contributed by atoms with van der Waals surface area (Å²) in [6, 6.07) is 4.74. The van der Waals surface area contributed by atoms with Gasteiger partial charge in [0.25, 0.3) is 0 Å². The molecule has 2 N–H and O–H groups in total. The number of likely N-dealkylation sites (tertiary alicyclic amines) is 1. The molecule has 2 atom stereocenters. The maximum Gasteiger partial charge on any atom is 0.319 e. The van der Waals surface area contributed by atoms with Gasteiger partial charge in [0, 0.05) is 44.1 Å². The van der Waals surface area contributed by atoms with Crippen LogP contribution in [0.2, 0.25) is 0 Å². The highest BCUT2D eigenvalue weighted by Crippen LogP contribution is 2.23. The molecule has 2 rings (SSSR count). The zero-order chi connectivity index (χ0) is 16.1. The maximum absolute atomic E-state index is 11.9. The first kappa shape index (κ1) is 17.2. The SMILES string of the molecule is CC(CC(O)c1cccs1)NC1CCN(C(=O)N(C)C)CC1. The molecule has 2 heterocycles. The number of carbonyl (C=O) groups excluding carboxylic acids is 1. The lowest BCUT2D eigenvalue weighted by molar-refractivity contribution is 0.139. The summed E-state index contributed by atoms with van der Waals surface area (Å²) >= 11 is 1.60. The minimum absolute atomic E-state index is 0.0969. The number of piperidine rings is 1. The van der Waals surface area contributed by atoms with E-state index in [9.17, 15) is 9.90 Å². The molecule has 6 heteroatoms. The first-order valence-corrected chi connectivity index (χ1v) is 8.79. The van der Waals surface area contributed by atoms with Gasteiger partial charge in [0.2, 0.25) is 0 Å². The number of carbonyl (C=O) groups is 1. The standard InChI is InChI=1S/C16H27N3O2S/c1-12(11-14(20)15-5-4-10-22-15)17-13-6-8-19(9-7-13)16(21)18(2)3/h4-5,10,12-14,17,20H,6-9,11H2,1-3H3. The molecular formula is C16H27N3O2S. The molecule has 0 spiro atoms. The van der Waals surface area contributed by atoms with E-state index >= 15 is 0 Å². The Kier molecular flexibility index (Phi) is 6.23. The lowest BCUT2D eigenvalue weighted by Crippen LogP contribution is -2.49. The highest BCUT2D eigenvalue weighted by Gasteiger charge is 2.25. The Morgan fingerprint density at radius 2 is 2.18 bits per heavy atom. The topological polar surface area (TPSA) is 55.8 Å². The van der Waals surface area contributed by atoms with Crippen molar-refractivity contribution >= 4 is 17.4 Å². The van der Waals surface area contributed by atoms with Crippen LogP contribution < -0.4 is 5.32 Å². The predicted octanol–water partition coefficient (Wildman–Crippen LogP) is 2.30. The summed E-state index contributed by atoms with van der Waals surface area (Å²) in [5.74, 6) is 0. The number of nitrogens with one attached hydrogen (secondary N) is 1. The molecule has 1 saturated heterocycles. The molecule has 0 aromatic carbocycles. The van der Waals surface area contributed by atoms with Crippen molar-refractivity contribution in [1.29, 1.82) is 0 Å². The number of hydrogen-bond donors (Lipinski definition) is 2. The third kappa shape index (κ3) is 4.69. The van der Waals surface area contributed by atoms with Crippen molar-refractivity contribution in [3.8, 4) is 0 Å². The second-order valence-electron chi connectivity index (χ2n) is 6.27. The van der Waals surface area contributed by atoms with Crippen LogP contribution >= 0.6 is 11.3 Å². The summed E-state index contributed by atoms with van der Waals surface area (Å²) in [4.78, 5) is 16.5. The molecule has 124 valence electrons. The van der Waals surface area contributed by atoms with Gasteiger partial charge in [-0.15, -0.1) is 11.3 Å². The second-order valence-corrected chi connectivity index (χ2v) is 7.25. The zero-order valence-corrected chi connectivity index (χ0v) is 14.5. The largest absolute Gasteiger partial charge is 0.388 e. The number of nitrogens with zero attached hydrogens (tertiary/aromatic N) is 2. The van der Waals surface area contributed by atoms with Crippen LogP contribution in [0.5, 0.6) is 0 Å². The van der Waals surface area contributed by atoms with Crippen molar-refractivity contribution in [3.05, 3.63) is 22.4 Å². The quantitative estimate of drug-likeness (QED) is 0.873. The number of rotatable bonds is 5. The molecule has 1 aromatic heterocycles. The van der Waals surface area contributed by atoms with Gasteiger partial charge in [-0.05, 0) is 37.6 Å². The predicted molar refractivity (Wildman–Crippen MR) is 90.2 cm³/mol. The van der Waals surface area contributed by atoms with Crippen LogP contribution in [-0.4, -0.2) is 60.2 Å². The summed E-state index contributed by atoms with van der Waals surface area (Å²) in [6.45, 7) is 3.72. The van der Waals surface area contributed by atoms with Crippen molar-refractivity contribution in [2.24, 2.45) is 0 Å². The third-order valence-electron chi connectivity index (χ3n) is 4.12. The molecule has 0 aliphatic carbocycles. The van der Waals surface area contributed by atoms with Gasteiger partial charge in [0.1, 0.15) is 0 Å². The van der Waals surface area contributed by atoms with Gasteiger partial charge in [-0.2, -0.15) is 0 Å². The molecule has 2 amide bonds. The van der Waals surface area contributed by atoms with Crippen LogP contribution in [0.4, 0.5) is 4.79 Å². The molecule has 1 aromatic rings. The lowest BCUT2D eigenvalue weighted by Gasteiger charge is -2.35. The van der Waals surface area contributed by atoms with Crippen molar-refractivity contribution in [1.82, 2.24) is 15.1 Å². The van der Waals surface area contributed by atoms with Gasteiger partial charge in [0.15, 0.2) is 0 Å². The number of hydrogen-bond acceptors (Lipinski definition) is 4. The number of aliphatic hydroxyl groups excluding tert-OH is 1. The van der Waals surface area contributed by atoms with E-state index in [1.807, 2.05) is 22.4 Å². The average Bonchev–Trinajstić information content (AvgIpc) is 3.01.